The van der Waals surface area contributed by atoms with Gasteiger partial charge in [-0.1, -0.05) is 86.6 Å². The van der Waals surface area contributed by atoms with Crippen molar-refractivity contribution >= 4 is 17.1 Å². The summed E-state index contributed by atoms with van der Waals surface area (Å²) in [6, 6.07) is 31.6. The summed E-state index contributed by atoms with van der Waals surface area (Å²) in [5.41, 5.74) is 5.00. The standard InChI is InChI=1S/C40H25F8N/c1-39(2)29-7-4-3-6-28(29)33-30(39)8-5-9-31(33)49(26-18-12-23(13-19-26)22-10-16-25(17-11-22)40(46,47)48)27-20-14-24(15-21-27)32-34(41)36(43)38(45)37(44)35(32)42/h3-21H,1-2H3. The van der Waals surface area contributed by atoms with Gasteiger partial charge in [0.05, 0.1) is 16.8 Å². The summed E-state index contributed by atoms with van der Waals surface area (Å²) in [6.07, 6.45) is -4.46. The second-order valence-corrected chi connectivity index (χ2v) is 12.3. The molecule has 0 saturated heterocycles. The Labute approximate surface area is 276 Å². The lowest BCUT2D eigenvalue weighted by Crippen LogP contribution is -2.16. The van der Waals surface area contributed by atoms with E-state index < -0.39 is 46.4 Å². The van der Waals surface area contributed by atoms with E-state index in [0.717, 1.165) is 40.1 Å². The first-order chi connectivity index (χ1) is 23.3. The number of benzene rings is 6. The van der Waals surface area contributed by atoms with Gasteiger partial charge in [0.25, 0.3) is 0 Å². The van der Waals surface area contributed by atoms with Crippen LogP contribution in [-0.4, -0.2) is 0 Å². The average Bonchev–Trinajstić information content (AvgIpc) is 3.34. The second kappa shape index (κ2) is 11.6. The molecule has 9 heteroatoms. The zero-order valence-electron chi connectivity index (χ0n) is 25.9. The van der Waals surface area contributed by atoms with E-state index in [2.05, 4.69) is 26.0 Å². The largest absolute Gasteiger partial charge is 0.416 e. The predicted octanol–water partition coefficient (Wildman–Crippen LogP) is 12.5. The smallest absolute Gasteiger partial charge is 0.310 e. The molecule has 246 valence electrons. The van der Waals surface area contributed by atoms with Gasteiger partial charge in [-0.05, 0) is 75.8 Å². The van der Waals surface area contributed by atoms with Gasteiger partial charge in [0, 0.05) is 22.4 Å². The van der Waals surface area contributed by atoms with Crippen LogP contribution >= 0.6 is 0 Å². The van der Waals surface area contributed by atoms with Gasteiger partial charge in [-0.2, -0.15) is 13.2 Å². The van der Waals surface area contributed by atoms with E-state index in [1.54, 1.807) is 24.3 Å². The molecule has 0 spiro atoms. The van der Waals surface area contributed by atoms with Gasteiger partial charge < -0.3 is 4.90 Å². The summed E-state index contributed by atoms with van der Waals surface area (Å²) in [5, 5.41) is 0. The van der Waals surface area contributed by atoms with Gasteiger partial charge in [0.2, 0.25) is 5.82 Å². The third-order valence-electron chi connectivity index (χ3n) is 9.12. The van der Waals surface area contributed by atoms with Crippen molar-refractivity contribution < 1.29 is 35.1 Å². The van der Waals surface area contributed by atoms with Gasteiger partial charge in [0.15, 0.2) is 23.3 Å². The van der Waals surface area contributed by atoms with Crippen LogP contribution in [0.2, 0.25) is 0 Å². The van der Waals surface area contributed by atoms with Crippen molar-refractivity contribution in [1.82, 2.24) is 0 Å². The lowest BCUT2D eigenvalue weighted by Gasteiger charge is -2.29. The van der Waals surface area contributed by atoms with Crippen molar-refractivity contribution in [2.24, 2.45) is 0 Å². The molecule has 1 aliphatic rings. The van der Waals surface area contributed by atoms with Gasteiger partial charge >= 0.3 is 6.18 Å². The molecule has 49 heavy (non-hydrogen) atoms. The number of alkyl halides is 3. The number of rotatable bonds is 5. The molecular formula is C40H25F8N. The van der Waals surface area contributed by atoms with E-state index >= 15 is 0 Å². The fourth-order valence-electron chi connectivity index (χ4n) is 6.64. The Morgan fingerprint density at radius 2 is 0.939 bits per heavy atom. The predicted molar refractivity (Wildman–Crippen MR) is 174 cm³/mol. The van der Waals surface area contributed by atoms with Gasteiger partial charge in [-0.15, -0.1) is 0 Å². The summed E-state index contributed by atoms with van der Waals surface area (Å²) in [5.74, 6) is -10.2. The van der Waals surface area contributed by atoms with Crippen molar-refractivity contribution in [3.63, 3.8) is 0 Å². The van der Waals surface area contributed by atoms with Crippen LogP contribution in [0, 0.1) is 29.1 Å². The van der Waals surface area contributed by atoms with Crippen LogP contribution in [0.5, 0.6) is 0 Å². The maximum absolute atomic E-state index is 14.7. The van der Waals surface area contributed by atoms with Crippen molar-refractivity contribution in [2.75, 3.05) is 4.90 Å². The summed E-state index contributed by atoms with van der Waals surface area (Å²) < 4.78 is 111. The van der Waals surface area contributed by atoms with E-state index in [-0.39, 0.29) is 11.0 Å². The minimum atomic E-state index is -4.46. The zero-order valence-corrected chi connectivity index (χ0v) is 25.9. The Bertz CT molecular complexity index is 2190. The summed E-state index contributed by atoms with van der Waals surface area (Å²) in [4.78, 5) is 1.91. The summed E-state index contributed by atoms with van der Waals surface area (Å²) in [7, 11) is 0. The van der Waals surface area contributed by atoms with E-state index in [9.17, 15) is 35.1 Å². The Hall–Kier alpha value is -5.44. The number of halogens is 8. The third-order valence-corrected chi connectivity index (χ3v) is 9.12. The number of fused-ring (bicyclic) bond motifs is 3. The number of nitrogens with zero attached hydrogens (tertiary/aromatic N) is 1. The fraction of sp³-hybridized carbons (Fsp3) is 0.100. The highest BCUT2D eigenvalue weighted by Crippen LogP contribution is 2.54. The Morgan fingerprint density at radius 1 is 0.469 bits per heavy atom. The lowest BCUT2D eigenvalue weighted by molar-refractivity contribution is -0.137. The molecule has 6 aromatic carbocycles. The normalized spacial score (nSPS) is 13.3. The minimum Gasteiger partial charge on any atom is -0.310 e. The molecule has 0 amide bonds. The molecule has 0 fully saturated rings. The van der Waals surface area contributed by atoms with Gasteiger partial charge in [-0.25, -0.2) is 22.0 Å². The highest BCUT2D eigenvalue weighted by Gasteiger charge is 2.38. The molecule has 0 bridgehead atoms. The zero-order chi connectivity index (χ0) is 34.8. The van der Waals surface area contributed by atoms with Crippen molar-refractivity contribution in [3.8, 4) is 33.4 Å². The first-order valence-corrected chi connectivity index (χ1v) is 15.2. The van der Waals surface area contributed by atoms with Crippen LogP contribution < -0.4 is 4.90 Å². The molecule has 0 heterocycles. The second-order valence-electron chi connectivity index (χ2n) is 12.3. The van der Waals surface area contributed by atoms with Crippen LogP contribution in [-0.2, 0) is 11.6 Å². The molecule has 0 aliphatic heterocycles. The van der Waals surface area contributed by atoms with Gasteiger partial charge in [-0.3, -0.25) is 0 Å². The number of hydrogen-bond acceptors (Lipinski definition) is 1. The van der Waals surface area contributed by atoms with Crippen molar-refractivity contribution in [2.45, 2.75) is 25.4 Å². The molecule has 6 aromatic rings. The van der Waals surface area contributed by atoms with Crippen LogP contribution in [0.15, 0.2) is 115 Å². The van der Waals surface area contributed by atoms with Crippen LogP contribution in [0.3, 0.4) is 0 Å². The average molecular weight is 672 g/mol. The Morgan fingerprint density at radius 3 is 1.49 bits per heavy atom. The molecule has 0 atom stereocenters. The van der Waals surface area contributed by atoms with Crippen molar-refractivity contribution in [1.29, 1.82) is 0 Å². The summed E-state index contributed by atoms with van der Waals surface area (Å²) in [6.45, 7) is 4.26. The molecule has 0 unspecified atom stereocenters. The lowest BCUT2D eigenvalue weighted by atomic mass is 9.82. The maximum atomic E-state index is 14.7. The van der Waals surface area contributed by atoms with Crippen molar-refractivity contribution in [3.05, 3.63) is 161 Å². The Balaban J connectivity index is 1.37. The monoisotopic (exact) mass is 671 g/mol. The molecule has 0 saturated carbocycles. The van der Waals surface area contributed by atoms with Crippen LogP contribution in [0.25, 0.3) is 33.4 Å². The molecule has 0 N–H and O–H groups in total. The van der Waals surface area contributed by atoms with E-state index in [4.69, 9.17) is 0 Å². The quantitative estimate of drug-likeness (QED) is 0.100. The van der Waals surface area contributed by atoms with Crippen LogP contribution in [0.1, 0.15) is 30.5 Å². The third kappa shape index (κ3) is 5.24. The maximum Gasteiger partial charge on any atom is 0.416 e. The minimum absolute atomic E-state index is 0.209. The first kappa shape index (κ1) is 32.1. The first-order valence-electron chi connectivity index (χ1n) is 15.2. The molecule has 0 aromatic heterocycles. The van der Waals surface area contributed by atoms with E-state index in [1.165, 1.54) is 36.4 Å². The van der Waals surface area contributed by atoms with Crippen LogP contribution in [0.4, 0.5) is 52.2 Å². The molecule has 0 radical (unpaired) electrons. The Kier molecular flexibility index (Phi) is 7.61. The van der Waals surface area contributed by atoms with Gasteiger partial charge in [0.1, 0.15) is 0 Å². The molecule has 1 aliphatic carbocycles. The fourth-order valence-corrected chi connectivity index (χ4v) is 6.64. The molecule has 1 nitrogen and oxygen atoms in total. The summed E-state index contributed by atoms with van der Waals surface area (Å²) >= 11 is 0. The van der Waals surface area contributed by atoms with E-state index in [0.29, 0.717) is 22.5 Å². The highest BCUT2D eigenvalue weighted by molar-refractivity contribution is 5.95. The topological polar surface area (TPSA) is 3.24 Å². The highest BCUT2D eigenvalue weighted by atomic mass is 19.4. The SMILES string of the molecule is CC1(C)c2ccccc2-c2c(N(c3ccc(-c4ccc(C(F)(F)F)cc4)cc3)c3ccc(-c4c(F)c(F)c(F)c(F)c4F)cc3)cccc21. The molecular weight excluding hydrogens is 646 g/mol. The number of hydrogen-bond donors (Lipinski definition) is 0. The molecule has 7 rings (SSSR count). The number of anilines is 3. The van der Waals surface area contributed by atoms with E-state index in [1.807, 2.05) is 35.2 Å².